The summed E-state index contributed by atoms with van der Waals surface area (Å²) in [5.74, 6) is 0.263. The van der Waals surface area contributed by atoms with Gasteiger partial charge in [0.1, 0.15) is 11.4 Å². The van der Waals surface area contributed by atoms with E-state index in [1.165, 1.54) is 0 Å². The van der Waals surface area contributed by atoms with Crippen LogP contribution in [0.3, 0.4) is 0 Å². The van der Waals surface area contributed by atoms with E-state index in [4.69, 9.17) is 4.74 Å². The molecule has 130 valence electrons. The van der Waals surface area contributed by atoms with Crippen LogP contribution in [-0.4, -0.2) is 19.6 Å². The van der Waals surface area contributed by atoms with Crippen molar-refractivity contribution in [1.29, 1.82) is 0 Å². The molecule has 4 rings (SSSR count). The smallest absolute Gasteiger partial charge is 0.262 e. The maximum absolute atomic E-state index is 12.3. The number of rotatable bonds is 3. The number of anilines is 3. The van der Waals surface area contributed by atoms with Gasteiger partial charge in [0.25, 0.3) is 11.3 Å². The monoisotopic (exact) mass is 348 g/mol. The molecule has 0 saturated heterocycles. The lowest BCUT2D eigenvalue weighted by molar-refractivity contribution is -0.118. The predicted molar refractivity (Wildman–Crippen MR) is 100 cm³/mol. The Hall–Kier alpha value is -3.41. The molecule has 3 aromatic carbocycles. The van der Waals surface area contributed by atoms with Gasteiger partial charge in [-0.3, -0.25) is 14.4 Å². The van der Waals surface area contributed by atoms with Crippen LogP contribution in [0.1, 0.15) is 5.56 Å². The van der Waals surface area contributed by atoms with Gasteiger partial charge < -0.3 is 15.0 Å². The van der Waals surface area contributed by atoms with Crippen LogP contribution in [0.2, 0.25) is 0 Å². The highest BCUT2D eigenvalue weighted by molar-refractivity contribution is 5.96. The molecule has 6 nitrogen and oxygen atoms in total. The van der Waals surface area contributed by atoms with Gasteiger partial charge in [0.2, 0.25) is 5.43 Å². The van der Waals surface area contributed by atoms with Crippen molar-refractivity contribution in [2.24, 2.45) is 0 Å². The molecular weight excluding hydrogens is 332 g/mol. The summed E-state index contributed by atoms with van der Waals surface area (Å²) in [5.41, 5.74) is 2.75. The third-order valence-electron chi connectivity index (χ3n) is 4.51. The molecule has 6 heteroatoms. The van der Waals surface area contributed by atoms with Crippen LogP contribution in [-0.2, 0) is 4.79 Å². The minimum absolute atomic E-state index is 0.0710. The molecule has 3 aromatic rings. The molecule has 1 N–H and O–H groups in total. The minimum atomic E-state index is -0.515. The van der Waals surface area contributed by atoms with Gasteiger partial charge in [0.05, 0.1) is 11.3 Å². The second kappa shape index (κ2) is 5.84. The van der Waals surface area contributed by atoms with E-state index in [0.717, 1.165) is 11.3 Å². The molecular formula is C20H16N2O4. The lowest BCUT2D eigenvalue weighted by Crippen LogP contribution is -2.39. The van der Waals surface area contributed by atoms with Gasteiger partial charge in [-0.1, -0.05) is 18.2 Å². The van der Waals surface area contributed by atoms with Gasteiger partial charge >= 0.3 is 0 Å². The number of nitrogens with one attached hydrogen (secondary N) is 1. The molecule has 0 radical (unpaired) electrons. The van der Waals surface area contributed by atoms with E-state index >= 15 is 0 Å². The van der Waals surface area contributed by atoms with Gasteiger partial charge in [-0.2, -0.15) is 0 Å². The van der Waals surface area contributed by atoms with Crippen molar-refractivity contribution in [2.45, 2.75) is 6.92 Å². The summed E-state index contributed by atoms with van der Waals surface area (Å²) in [4.78, 5) is 37.6. The molecule has 0 atom stereocenters. The molecule has 0 aliphatic carbocycles. The second-order valence-corrected chi connectivity index (χ2v) is 6.33. The van der Waals surface area contributed by atoms with Gasteiger partial charge in [0, 0.05) is 12.7 Å². The quantitative estimate of drug-likeness (QED) is 0.736. The maximum Gasteiger partial charge on any atom is 0.262 e. The Kier molecular flexibility index (Phi) is 3.61. The number of fused-ring (bicyclic) bond motifs is 1. The van der Waals surface area contributed by atoms with Crippen molar-refractivity contribution in [3.63, 3.8) is 0 Å². The number of carbonyl (C=O) groups is 1. The van der Waals surface area contributed by atoms with E-state index < -0.39 is 10.9 Å². The van der Waals surface area contributed by atoms with E-state index in [9.17, 15) is 14.4 Å². The second-order valence-electron chi connectivity index (χ2n) is 6.33. The average Bonchev–Trinajstić information content (AvgIpc) is 2.64. The zero-order valence-corrected chi connectivity index (χ0v) is 14.3. The van der Waals surface area contributed by atoms with Gasteiger partial charge in [-0.05, 0) is 42.3 Å². The first-order valence-corrected chi connectivity index (χ1v) is 8.16. The molecule has 26 heavy (non-hydrogen) atoms. The third-order valence-corrected chi connectivity index (χ3v) is 4.51. The largest absolute Gasteiger partial charge is 0.482 e. The molecule has 0 aromatic heterocycles. The Morgan fingerprint density at radius 1 is 1.04 bits per heavy atom. The maximum atomic E-state index is 12.3. The Balaban J connectivity index is 1.78. The normalized spacial score (nSPS) is 13.1. The molecule has 0 saturated carbocycles. The highest BCUT2D eigenvalue weighted by Crippen LogP contribution is 2.36. The van der Waals surface area contributed by atoms with Crippen LogP contribution in [0.4, 0.5) is 17.1 Å². The van der Waals surface area contributed by atoms with Crippen molar-refractivity contribution in [3.8, 4) is 16.9 Å². The number of ether oxygens (including phenoxy) is 1. The number of aryl methyl sites for hydroxylation is 1. The van der Waals surface area contributed by atoms with Gasteiger partial charge in [-0.25, -0.2) is 0 Å². The molecule has 0 bridgehead atoms. The molecule has 0 spiro atoms. The summed E-state index contributed by atoms with van der Waals surface area (Å²) in [6, 6.07) is 12.8. The predicted octanol–water partition coefficient (Wildman–Crippen LogP) is 2.36. The van der Waals surface area contributed by atoms with Crippen LogP contribution in [0.5, 0.6) is 5.75 Å². The lowest BCUT2D eigenvalue weighted by Gasteiger charge is -2.24. The van der Waals surface area contributed by atoms with Crippen LogP contribution < -0.4 is 25.8 Å². The number of nitrogens with zero attached hydrogens (tertiary/aromatic N) is 1. The Bertz CT molecular complexity index is 1110. The summed E-state index contributed by atoms with van der Waals surface area (Å²) >= 11 is 0. The van der Waals surface area contributed by atoms with Crippen molar-refractivity contribution in [3.05, 3.63) is 68.5 Å². The first-order valence-electron chi connectivity index (χ1n) is 8.16. The Morgan fingerprint density at radius 3 is 2.62 bits per heavy atom. The summed E-state index contributed by atoms with van der Waals surface area (Å²) in [6.07, 6.45) is 0. The number of benzene rings is 2. The lowest BCUT2D eigenvalue weighted by atomic mass is 9.96. The third kappa shape index (κ3) is 2.47. The summed E-state index contributed by atoms with van der Waals surface area (Å²) in [5, 5.41) is 2.71. The first kappa shape index (κ1) is 16.1. The molecule has 1 heterocycles. The number of hydrogen-bond acceptors (Lipinski definition) is 5. The fourth-order valence-corrected chi connectivity index (χ4v) is 3.16. The Labute approximate surface area is 149 Å². The summed E-state index contributed by atoms with van der Waals surface area (Å²) in [6.45, 7) is 1.90. The van der Waals surface area contributed by atoms with E-state index in [2.05, 4.69) is 5.32 Å². The van der Waals surface area contributed by atoms with Gasteiger partial charge in [0.15, 0.2) is 6.61 Å². The highest BCUT2D eigenvalue weighted by atomic mass is 16.5. The molecule has 1 aliphatic heterocycles. The van der Waals surface area contributed by atoms with Gasteiger partial charge in [-0.15, -0.1) is 0 Å². The number of carbonyl (C=O) groups excluding carboxylic acids is 1. The van der Waals surface area contributed by atoms with E-state index in [-0.39, 0.29) is 12.5 Å². The molecule has 0 unspecified atom stereocenters. The van der Waals surface area contributed by atoms with Crippen LogP contribution in [0, 0.1) is 6.92 Å². The molecule has 1 amide bonds. The molecule has 0 fully saturated rings. The Morgan fingerprint density at radius 2 is 1.85 bits per heavy atom. The molecule has 1 aliphatic rings. The number of amides is 1. The standard InChI is InChI=1S/C20H16N2O4/c1-11-4-3-5-13(8-11)22(2)18-17(19(24)20(18)25)12-6-7-14-15(9-12)26-10-16(23)21-14/h3-9H,10H2,1-2H3,(H,21,23). The van der Waals surface area contributed by atoms with Crippen molar-refractivity contribution < 1.29 is 9.53 Å². The topological polar surface area (TPSA) is 75.7 Å². The van der Waals surface area contributed by atoms with E-state index in [0.29, 0.717) is 28.3 Å². The summed E-state index contributed by atoms with van der Waals surface area (Å²) in [7, 11) is 1.77. The SMILES string of the molecule is Cc1cccc(N(C)c2c(-c3ccc4c(c3)OCC(=O)N4)c(=O)c2=O)c1. The first-order chi connectivity index (χ1) is 12.5. The fraction of sp³-hybridized carbons (Fsp3) is 0.150. The zero-order chi connectivity index (χ0) is 18.4. The van der Waals surface area contributed by atoms with Crippen molar-refractivity contribution >= 4 is 23.0 Å². The van der Waals surface area contributed by atoms with Crippen LogP contribution >= 0.6 is 0 Å². The fourth-order valence-electron chi connectivity index (χ4n) is 3.16. The summed E-state index contributed by atoms with van der Waals surface area (Å²) < 4.78 is 5.41. The van der Waals surface area contributed by atoms with Crippen LogP contribution in [0.25, 0.3) is 11.1 Å². The van der Waals surface area contributed by atoms with Crippen LogP contribution in [0.15, 0.2) is 52.1 Å². The average molecular weight is 348 g/mol. The van der Waals surface area contributed by atoms with E-state index in [1.54, 1.807) is 30.1 Å². The number of hydrogen-bond donors (Lipinski definition) is 1. The highest BCUT2D eigenvalue weighted by Gasteiger charge is 2.27. The zero-order valence-electron chi connectivity index (χ0n) is 14.3. The van der Waals surface area contributed by atoms with E-state index in [1.807, 2.05) is 31.2 Å². The minimum Gasteiger partial charge on any atom is -0.482 e. The van der Waals surface area contributed by atoms with Crippen molar-refractivity contribution in [1.82, 2.24) is 0 Å². The van der Waals surface area contributed by atoms with Crippen molar-refractivity contribution in [2.75, 3.05) is 23.9 Å².